The number of unbranched alkanes of at least 4 members (excludes halogenated alkanes) is 1. The fraction of sp³-hybridized carbons (Fsp3) is 0.308. The highest BCUT2D eigenvalue weighted by atomic mass is 79.9. The summed E-state index contributed by atoms with van der Waals surface area (Å²) in [5.41, 5.74) is 0. The van der Waals surface area contributed by atoms with Gasteiger partial charge in [0.25, 0.3) is 0 Å². The van der Waals surface area contributed by atoms with Crippen LogP contribution in [0.1, 0.15) is 19.8 Å². The lowest BCUT2D eigenvalue weighted by Crippen LogP contribution is -2.04. The fourth-order valence-corrected chi connectivity index (χ4v) is 2.29. The first-order valence-corrected chi connectivity index (χ1v) is 6.60. The summed E-state index contributed by atoms with van der Waals surface area (Å²) in [7, 11) is 0. The predicted octanol–water partition coefficient (Wildman–Crippen LogP) is 4.49. The Balaban J connectivity index is 2.51. The summed E-state index contributed by atoms with van der Waals surface area (Å²) >= 11 is 3.24. The predicted molar refractivity (Wildman–Crippen MR) is 72.8 cm³/mol. The molecule has 5 heteroatoms. The van der Waals surface area contributed by atoms with Crippen molar-refractivity contribution in [3.8, 4) is 0 Å². The number of hydrogen-bond acceptors (Lipinski definition) is 2. The monoisotopic (exact) mass is 314 g/mol. The van der Waals surface area contributed by atoms with E-state index in [0.717, 1.165) is 25.5 Å². The summed E-state index contributed by atoms with van der Waals surface area (Å²) in [6, 6.07) is 2.17. The number of fused-ring (bicyclic) bond motifs is 1. The Hall–Kier alpha value is -1.23. The third-order valence-electron chi connectivity index (χ3n) is 2.68. The van der Waals surface area contributed by atoms with Crippen LogP contribution in [0.3, 0.4) is 0 Å². The van der Waals surface area contributed by atoms with Crippen molar-refractivity contribution < 1.29 is 8.78 Å². The molecule has 2 rings (SSSR count). The van der Waals surface area contributed by atoms with Crippen LogP contribution < -0.4 is 5.32 Å². The molecule has 0 bridgehead atoms. The summed E-state index contributed by atoms with van der Waals surface area (Å²) in [5, 5.41) is 3.91. The number of rotatable bonds is 4. The van der Waals surface area contributed by atoms with Crippen LogP contribution in [0.5, 0.6) is 0 Å². The molecule has 0 spiro atoms. The maximum Gasteiger partial charge on any atom is 0.135 e. The van der Waals surface area contributed by atoms with Crippen LogP contribution in [0, 0.1) is 11.6 Å². The minimum Gasteiger partial charge on any atom is -0.370 e. The molecule has 0 unspecified atom stereocenters. The number of pyridine rings is 1. The van der Waals surface area contributed by atoms with E-state index in [9.17, 15) is 8.78 Å². The molecule has 0 atom stereocenters. The van der Waals surface area contributed by atoms with Crippen molar-refractivity contribution in [2.24, 2.45) is 0 Å². The number of anilines is 1. The molecule has 2 aromatic rings. The van der Waals surface area contributed by atoms with Gasteiger partial charge < -0.3 is 5.32 Å². The molecule has 0 radical (unpaired) electrons. The largest absolute Gasteiger partial charge is 0.370 e. The lowest BCUT2D eigenvalue weighted by atomic mass is 10.1. The second kappa shape index (κ2) is 5.61. The third-order valence-corrected chi connectivity index (χ3v) is 3.28. The van der Waals surface area contributed by atoms with Gasteiger partial charge in [0.05, 0.1) is 0 Å². The van der Waals surface area contributed by atoms with Crippen molar-refractivity contribution in [1.29, 1.82) is 0 Å². The van der Waals surface area contributed by atoms with Gasteiger partial charge in [-0.05, 0) is 28.4 Å². The SMILES string of the molecule is CCCCNc1ncc(Br)c2c(F)cc(F)cc12. The van der Waals surface area contributed by atoms with Crippen molar-refractivity contribution in [3.63, 3.8) is 0 Å². The maximum absolute atomic E-state index is 13.8. The number of aromatic nitrogens is 1. The molecule has 0 saturated heterocycles. The van der Waals surface area contributed by atoms with Crippen molar-refractivity contribution in [2.75, 3.05) is 11.9 Å². The molecule has 1 heterocycles. The zero-order chi connectivity index (χ0) is 13.1. The summed E-state index contributed by atoms with van der Waals surface area (Å²) in [6.45, 7) is 2.81. The molecule has 1 aromatic heterocycles. The lowest BCUT2D eigenvalue weighted by molar-refractivity contribution is 0.592. The first-order valence-electron chi connectivity index (χ1n) is 5.80. The van der Waals surface area contributed by atoms with Gasteiger partial charge >= 0.3 is 0 Å². The summed E-state index contributed by atoms with van der Waals surface area (Å²) in [5.74, 6) is -0.670. The molecule has 0 amide bonds. The van der Waals surface area contributed by atoms with Crippen molar-refractivity contribution in [1.82, 2.24) is 4.98 Å². The quantitative estimate of drug-likeness (QED) is 0.841. The van der Waals surface area contributed by atoms with Gasteiger partial charge in [0.2, 0.25) is 0 Å². The van der Waals surface area contributed by atoms with E-state index in [-0.39, 0.29) is 0 Å². The minimum absolute atomic E-state index is 0.352. The smallest absolute Gasteiger partial charge is 0.135 e. The Morgan fingerprint density at radius 1 is 1.33 bits per heavy atom. The van der Waals surface area contributed by atoms with Crippen molar-refractivity contribution in [3.05, 3.63) is 34.4 Å². The van der Waals surface area contributed by atoms with Gasteiger partial charge in [-0.3, -0.25) is 0 Å². The highest BCUT2D eigenvalue weighted by Gasteiger charge is 2.12. The van der Waals surface area contributed by atoms with E-state index in [0.29, 0.717) is 21.1 Å². The summed E-state index contributed by atoms with van der Waals surface area (Å²) in [6.07, 6.45) is 3.55. The van der Waals surface area contributed by atoms with Crippen LogP contribution >= 0.6 is 15.9 Å². The average Bonchev–Trinajstić information content (AvgIpc) is 2.31. The second-order valence-electron chi connectivity index (χ2n) is 4.05. The second-order valence-corrected chi connectivity index (χ2v) is 4.90. The van der Waals surface area contributed by atoms with Gasteiger partial charge in [-0.2, -0.15) is 0 Å². The average molecular weight is 315 g/mol. The zero-order valence-corrected chi connectivity index (χ0v) is 11.5. The van der Waals surface area contributed by atoms with Gasteiger partial charge in [-0.1, -0.05) is 13.3 Å². The van der Waals surface area contributed by atoms with Crippen LogP contribution in [0.2, 0.25) is 0 Å². The third kappa shape index (κ3) is 2.61. The first kappa shape index (κ1) is 13.2. The molecule has 1 N–H and O–H groups in total. The standard InChI is InChI=1S/C13H13BrF2N2/c1-2-3-4-17-13-9-5-8(15)6-11(16)12(9)10(14)7-18-13/h5-7H,2-4H2,1H3,(H,17,18). The van der Waals surface area contributed by atoms with Crippen LogP contribution in [0.4, 0.5) is 14.6 Å². The Bertz CT molecular complexity index is 572. The highest BCUT2D eigenvalue weighted by molar-refractivity contribution is 9.10. The van der Waals surface area contributed by atoms with Gasteiger partial charge in [0.15, 0.2) is 0 Å². The van der Waals surface area contributed by atoms with Gasteiger partial charge in [0.1, 0.15) is 17.5 Å². The highest BCUT2D eigenvalue weighted by Crippen LogP contribution is 2.31. The number of nitrogens with zero attached hydrogens (tertiary/aromatic N) is 1. The van der Waals surface area contributed by atoms with E-state index in [4.69, 9.17) is 0 Å². The number of nitrogens with one attached hydrogen (secondary N) is 1. The maximum atomic E-state index is 13.8. The Labute approximate surface area is 113 Å². The van der Waals surface area contributed by atoms with E-state index in [1.165, 1.54) is 12.3 Å². The molecular weight excluding hydrogens is 302 g/mol. The Kier molecular flexibility index (Phi) is 4.11. The van der Waals surface area contributed by atoms with Crippen LogP contribution in [-0.2, 0) is 0 Å². The molecule has 18 heavy (non-hydrogen) atoms. The normalized spacial score (nSPS) is 10.9. The number of benzene rings is 1. The summed E-state index contributed by atoms with van der Waals surface area (Å²) in [4.78, 5) is 4.17. The fourth-order valence-electron chi connectivity index (χ4n) is 1.78. The van der Waals surface area contributed by atoms with Crippen LogP contribution in [0.25, 0.3) is 10.8 Å². The van der Waals surface area contributed by atoms with Gasteiger partial charge in [-0.25, -0.2) is 13.8 Å². The first-order chi connectivity index (χ1) is 8.63. The van der Waals surface area contributed by atoms with Crippen molar-refractivity contribution in [2.45, 2.75) is 19.8 Å². The topological polar surface area (TPSA) is 24.9 Å². The van der Waals surface area contributed by atoms with E-state index in [1.54, 1.807) is 0 Å². The minimum atomic E-state index is -0.599. The molecule has 0 aliphatic heterocycles. The van der Waals surface area contributed by atoms with Gasteiger partial charge in [0, 0.05) is 34.1 Å². The Morgan fingerprint density at radius 2 is 2.11 bits per heavy atom. The van der Waals surface area contributed by atoms with E-state index in [1.807, 2.05) is 0 Å². The van der Waals surface area contributed by atoms with Gasteiger partial charge in [-0.15, -0.1) is 0 Å². The van der Waals surface area contributed by atoms with E-state index in [2.05, 4.69) is 33.2 Å². The lowest BCUT2D eigenvalue weighted by Gasteiger charge is -2.10. The summed E-state index contributed by atoms with van der Waals surface area (Å²) < 4.78 is 27.6. The number of hydrogen-bond donors (Lipinski definition) is 1. The van der Waals surface area contributed by atoms with Crippen LogP contribution in [-0.4, -0.2) is 11.5 Å². The molecule has 2 nitrogen and oxygen atoms in total. The molecule has 96 valence electrons. The van der Waals surface area contributed by atoms with Crippen molar-refractivity contribution >= 4 is 32.5 Å². The molecule has 0 saturated carbocycles. The molecule has 0 aliphatic rings. The van der Waals surface area contributed by atoms with Crippen LogP contribution in [0.15, 0.2) is 22.8 Å². The molecule has 1 aromatic carbocycles. The number of halogens is 3. The van der Waals surface area contributed by atoms with E-state index >= 15 is 0 Å². The molecule has 0 aliphatic carbocycles. The molecular formula is C13H13BrF2N2. The zero-order valence-electron chi connectivity index (χ0n) is 9.93. The van der Waals surface area contributed by atoms with E-state index < -0.39 is 11.6 Å². The Morgan fingerprint density at radius 3 is 2.83 bits per heavy atom. The molecule has 0 fully saturated rings.